The Morgan fingerprint density at radius 1 is 0.933 bits per heavy atom. The van der Waals surface area contributed by atoms with E-state index in [1.807, 2.05) is 48.5 Å². The number of para-hydroxylation sites is 2. The smallest absolute Gasteiger partial charge is 0.196 e. The minimum atomic E-state index is 0.700. The molecule has 0 saturated heterocycles. The first-order valence-electron chi connectivity index (χ1n) is 9.43. The molecule has 0 radical (unpaired) electrons. The monoisotopic (exact) mass is 448 g/mol. The number of aryl methyl sites for hydroxylation is 1. The predicted molar refractivity (Wildman–Crippen MR) is 126 cm³/mol. The first kappa shape index (κ1) is 19.3. The molecule has 0 saturated carbocycles. The largest absolute Gasteiger partial charge is 0.270 e. The lowest BCUT2D eigenvalue weighted by Crippen LogP contribution is -2.01. The topological polar surface area (TPSA) is 43.6 Å². The standard InChI is InChI=1S/C23H17ClN4S2/c1-15-6-2-4-8-19(15)28-22(16-10-12-17(24)13-11-16)26-27-23(28)29-14-21-25-18-7-3-5-9-20(18)30-21/h2-13H,14H2,1H3. The summed E-state index contributed by atoms with van der Waals surface area (Å²) in [5, 5.41) is 11.7. The first-order chi connectivity index (χ1) is 14.7. The molecule has 5 aromatic rings. The van der Waals surface area contributed by atoms with E-state index in [1.54, 1.807) is 23.1 Å². The fourth-order valence-electron chi connectivity index (χ4n) is 3.29. The van der Waals surface area contributed by atoms with Gasteiger partial charge in [-0.15, -0.1) is 21.5 Å². The van der Waals surface area contributed by atoms with E-state index in [9.17, 15) is 0 Å². The molecule has 0 fully saturated rings. The first-order valence-corrected chi connectivity index (χ1v) is 11.6. The van der Waals surface area contributed by atoms with E-state index in [-0.39, 0.29) is 0 Å². The number of nitrogens with zero attached hydrogens (tertiary/aromatic N) is 4. The highest BCUT2D eigenvalue weighted by Crippen LogP contribution is 2.33. The average Bonchev–Trinajstić information content (AvgIpc) is 3.37. The van der Waals surface area contributed by atoms with Crippen molar-refractivity contribution < 1.29 is 0 Å². The summed E-state index contributed by atoms with van der Waals surface area (Å²) in [6, 6.07) is 24.2. The summed E-state index contributed by atoms with van der Waals surface area (Å²) in [5.41, 5.74) is 4.25. The zero-order chi connectivity index (χ0) is 20.5. The molecular weight excluding hydrogens is 432 g/mol. The van der Waals surface area contributed by atoms with Gasteiger partial charge in [-0.05, 0) is 55.0 Å². The van der Waals surface area contributed by atoms with Gasteiger partial charge in [-0.1, -0.05) is 53.7 Å². The highest BCUT2D eigenvalue weighted by Gasteiger charge is 2.18. The number of benzene rings is 3. The summed E-state index contributed by atoms with van der Waals surface area (Å²) in [6.45, 7) is 2.10. The normalized spacial score (nSPS) is 11.3. The summed E-state index contributed by atoms with van der Waals surface area (Å²) in [4.78, 5) is 4.75. The lowest BCUT2D eigenvalue weighted by molar-refractivity contribution is 0.880. The highest BCUT2D eigenvalue weighted by atomic mass is 35.5. The van der Waals surface area contributed by atoms with Gasteiger partial charge in [0.15, 0.2) is 11.0 Å². The molecule has 148 valence electrons. The molecule has 3 aromatic carbocycles. The Hall–Kier alpha value is -2.67. The Morgan fingerprint density at radius 2 is 1.70 bits per heavy atom. The molecule has 5 rings (SSSR count). The maximum Gasteiger partial charge on any atom is 0.196 e. The maximum absolute atomic E-state index is 6.08. The van der Waals surface area contributed by atoms with Gasteiger partial charge in [-0.3, -0.25) is 4.57 Å². The third-order valence-corrected chi connectivity index (χ3v) is 7.17. The number of halogens is 1. The van der Waals surface area contributed by atoms with E-state index in [0.29, 0.717) is 5.02 Å². The van der Waals surface area contributed by atoms with Crippen LogP contribution in [0.5, 0.6) is 0 Å². The van der Waals surface area contributed by atoms with Crippen LogP contribution in [0.3, 0.4) is 0 Å². The fraction of sp³-hybridized carbons (Fsp3) is 0.0870. The molecule has 0 atom stereocenters. The van der Waals surface area contributed by atoms with Crippen molar-refractivity contribution in [2.24, 2.45) is 0 Å². The summed E-state index contributed by atoms with van der Waals surface area (Å²) in [7, 11) is 0. The fourth-order valence-corrected chi connectivity index (χ4v) is 5.32. The molecule has 7 heteroatoms. The van der Waals surface area contributed by atoms with E-state index < -0.39 is 0 Å². The van der Waals surface area contributed by atoms with Crippen LogP contribution >= 0.6 is 34.7 Å². The highest BCUT2D eigenvalue weighted by molar-refractivity contribution is 7.98. The predicted octanol–water partition coefficient (Wildman–Crippen LogP) is 6.80. The molecule has 2 heterocycles. The van der Waals surface area contributed by atoms with E-state index in [2.05, 4.69) is 46.0 Å². The number of hydrogen-bond donors (Lipinski definition) is 0. The van der Waals surface area contributed by atoms with Crippen LogP contribution in [0, 0.1) is 6.92 Å². The van der Waals surface area contributed by atoms with Crippen molar-refractivity contribution in [3.05, 3.63) is 88.4 Å². The molecule has 0 spiro atoms. The second-order valence-corrected chi connectivity index (χ2v) is 9.29. The number of thioether (sulfide) groups is 1. The van der Waals surface area contributed by atoms with E-state index in [1.165, 1.54) is 4.70 Å². The van der Waals surface area contributed by atoms with Crippen LogP contribution in [-0.2, 0) is 5.75 Å². The Morgan fingerprint density at radius 3 is 2.50 bits per heavy atom. The SMILES string of the molecule is Cc1ccccc1-n1c(SCc2nc3ccccc3s2)nnc1-c1ccc(Cl)cc1. The molecule has 0 aliphatic heterocycles. The van der Waals surface area contributed by atoms with Crippen molar-refractivity contribution in [2.45, 2.75) is 17.8 Å². The van der Waals surface area contributed by atoms with Gasteiger partial charge in [0.2, 0.25) is 0 Å². The van der Waals surface area contributed by atoms with Gasteiger partial charge in [0.25, 0.3) is 0 Å². The summed E-state index contributed by atoms with van der Waals surface area (Å²) < 4.78 is 3.33. The Bertz CT molecular complexity index is 1290. The van der Waals surface area contributed by atoms with E-state index >= 15 is 0 Å². The molecule has 2 aromatic heterocycles. The van der Waals surface area contributed by atoms with Crippen molar-refractivity contribution in [3.8, 4) is 17.1 Å². The average molecular weight is 449 g/mol. The van der Waals surface area contributed by atoms with Crippen LogP contribution in [0.2, 0.25) is 5.02 Å². The number of rotatable bonds is 5. The maximum atomic E-state index is 6.08. The van der Waals surface area contributed by atoms with Crippen molar-refractivity contribution in [1.29, 1.82) is 0 Å². The number of hydrogen-bond acceptors (Lipinski definition) is 5. The van der Waals surface area contributed by atoms with Crippen LogP contribution in [0.4, 0.5) is 0 Å². The minimum Gasteiger partial charge on any atom is -0.270 e. The molecule has 0 aliphatic carbocycles. The molecular formula is C23H17ClN4S2. The summed E-state index contributed by atoms with van der Waals surface area (Å²) in [5.74, 6) is 1.54. The molecule has 4 nitrogen and oxygen atoms in total. The third kappa shape index (κ3) is 3.74. The summed E-state index contributed by atoms with van der Waals surface area (Å²) >= 11 is 9.46. The number of fused-ring (bicyclic) bond motifs is 1. The number of thiazole rings is 1. The van der Waals surface area contributed by atoms with Crippen molar-refractivity contribution >= 4 is 44.9 Å². The molecule has 0 amide bonds. The summed E-state index contributed by atoms with van der Waals surface area (Å²) in [6.07, 6.45) is 0. The van der Waals surface area contributed by atoms with E-state index in [4.69, 9.17) is 16.6 Å². The Balaban J connectivity index is 1.54. The zero-order valence-electron chi connectivity index (χ0n) is 16.1. The van der Waals surface area contributed by atoms with E-state index in [0.717, 1.165) is 44.1 Å². The van der Waals surface area contributed by atoms with Crippen LogP contribution < -0.4 is 0 Å². The molecule has 30 heavy (non-hydrogen) atoms. The molecule has 0 bridgehead atoms. The van der Waals surface area contributed by atoms with Crippen molar-refractivity contribution in [1.82, 2.24) is 19.7 Å². The molecule has 0 aliphatic rings. The van der Waals surface area contributed by atoms with Gasteiger partial charge < -0.3 is 0 Å². The molecule has 0 unspecified atom stereocenters. The lowest BCUT2D eigenvalue weighted by atomic mass is 10.1. The van der Waals surface area contributed by atoms with Crippen LogP contribution in [0.15, 0.2) is 78.0 Å². The Kier molecular flexibility index (Phi) is 5.29. The Labute approximate surface area is 187 Å². The van der Waals surface area contributed by atoms with Gasteiger partial charge in [0, 0.05) is 10.6 Å². The van der Waals surface area contributed by atoms with Gasteiger partial charge in [0.1, 0.15) is 5.01 Å². The second-order valence-electron chi connectivity index (χ2n) is 6.80. The lowest BCUT2D eigenvalue weighted by Gasteiger charge is -2.12. The van der Waals surface area contributed by atoms with Crippen LogP contribution in [0.1, 0.15) is 10.6 Å². The minimum absolute atomic E-state index is 0.700. The van der Waals surface area contributed by atoms with Gasteiger partial charge in [0.05, 0.1) is 21.7 Å². The molecule has 0 N–H and O–H groups in total. The quantitative estimate of drug-likeness (QED) is 0.277. The zero-order valence-corrected chi connectivity index (χ0v) is 18.5. The van der Waals surface area contributed by atoms with Gasteiger partial charge >= 0.3 is 0 Å². The van der Waals surface area contributed by atoms with Gasteiger partial charge in [-0.25, -0.2) is 4.98 Å². The van der Waals surface area contributed by atoms with Crippen LogP contribution in [-0.4, -0.2) is 19.7 Å². The van der Waals surface area contributed by atoms with Crippen molar-refractivity contribution in [3.63, 3.8) is 0 Å². The second kappa shape index (κ2) is 8.22. The van der Waals surface area contributed by atoms with Crippen molar-refractivity contribution in [2.75, 3.05) is 0 Å². The van der Waals surface area contributed by atoms with Crippen LogP contribution in [0.25, 0.3) is 27.3 Å². The van der Waals surface area contributed by atoms with Gasteiger partial charge in [-0.2, -0.15) is 0 Å². The third-order valence-electron chi connectivity index (χ3n) is 4.76. The number of aromatic nitrogens is 4.